The van der Waals surface area contributed by atoms with Gasteiger partial charge in [0.05, 0.1) is 6.20 Å². The molecule has 2 N–H and O–H groups in total. The van der Waals surface area contributed by atoms with Crippen molar-refractivity contribution >= 4 is 5.91 Å². The number of nitrogens with one attached hydrogen (secondary N) is 2. The van der Waals surface area contributed by atoms with Crippen LogP contribution in [0.25, 0.3) is 0 Å². The fraction of sp³-hybridized carbons (Fsp3) is 0.375. The van der Waals surface area contributed by atoms with Crippen molar-refractivity contribution in [3.8, 4) is 0 Å². The molecule has 0 aliphatic heterocycles. The van der Waals surface area contributed by atoms with Crippen LogP contribution in [0.5, 0.6) is 0 Å². The van der Waals surface area contributed by atoms with Crippen LogP contribution in [0.1, 0.15) is 23.3 Å². The summed E-state index contributed by atoms with van der Waals surface area (Å²) >= 11 is 0. The lowest BCUT2D eigenvalue weighted by molar-refractivity contribution is 0.0926. The van der Waals surface area contributed by atoms with Crippen molar-refractivity contribution < 1.29 is 4.79 Å². The first kappa shape index (κ1) is 8.12. The Hall–Kier alpha value is -1.49. The second-order valence-electron chi connectivity index (χ2n) is 2.96. The number of hydrogen-bond donors (Lipinski definition) is 2. The summed E-state index contributed by atoms with van der Waals surface area (Å²) in [5.41, 5.74) is 5.79. The molecule has 5 nitrogen and oxygen atoms in total. The third kappa shape index (κ3) is 2.22. The molecule has 0 unspecified atom stereocenters. The fourth-order valence-electron chi connectivity index (χ4n) is 0.876. The molecule has 0 radical (unpaired) electrons. The molecule has 1 aromatic rings. The summed E-state index contributed by atoms with van der Waals surface area (Å²) in [5.74, 6) is -0.236. The number of aromatic nitrogens is 2. The van der Waals surface area contributed by atoms with Crippen molar-refractivity contribution in [2.75, 3.05) is 0 Å². The summed E-state index contributed by atoms with van der Waals surface area (Å²) in [5, 5.41) is 0. The van der Waals surface area contributed by atoms with Crippen LogP contribution in [0.15, 0.2) is 18.6 Å². The quantitative estimate of drug-likeness (QED) is 0.633. The topological polar surface area (TPSA) is 66.9 Å². The van der Waals surface area contributed by atoms with Gasteiger partial charge < -0.3 is 0 Å². The molecule has 1 amide bonds. The molecule has 0 saturated heterocycles. The maximum Gasteiger partial charge on any atom is 0.285 e. The molecule has 5 heteroatoms. The average molecular weight is 178 g/mol. The molecule has 0 bridgehead atoms. The van der Waals surface area contributed by atoms with Crippen LogP contribution in [0, 0.1) is 0 Å². The van der Waals surface area contributed by atoms with Gasteiger partial charge in [0, 0.05) is 18.4 Å². The molecule has 1 aliphatic carbocycles. The predicted octanol–water partition coefficient (Wildman–Crippen LogP) is -0.127. The third-order valence-corrected chi connectivity index (χ3v) is 1.76. The molecule has 2 rings (SSSR count). The number of amides is 1. The second kappa shape index (κ2) is 3.49. The Morgan fingerprint density at radius 2 is 2.31 bits per heavy atom. The summed E-state index contributed by atoms with van der Waals surface area (Å²) in [6.07, 6.45) is 6.71. The van der Waals surface area contributed by atoms with E-state index in [0.29, 0.717) is 11.7 Å². The predicted molar refractivity (Wildman–Crippen MR) is 45.7 cm³/mol. The van der Waals surface area contributed by atoms with Crippen molar-refractivity contribution in [2.24, 2.45) is 0 Å². The van der Waals surface area contributed by atoms with Crippen LogP contribution >= 0.6 is 0 Å². The minimum atomic E-state index is -0.236. The van der Waals surface area contributed by atoms with Crippen molar-refractivity contribution in [2.45, 2.75) is 18.9 Å². The highest BCUT2D eigenvalue weighted by atomic mass is 16.2. The summed E-state index contributed by atoms with van der Waals surface area (Å²) < 4.78 is 0. The first-order valence-corrected chi connectivity index (χ1v) is 4.18. The summed E-state index contributed by atoms with van der Waals surface area (Å²) in [7, 11) is 0. The zero-order valence-corrected chi connectivity index (χ0v) is 7.03. The molecule has 0 atom stereocenters. The van der Waals surface area contributed by atoms with Crippen LogP contribution < -0.4 is 10.9 Å². The molecule has 1 heterocycles. The van der Waals surface area contributed by atoms with E-state index in [0.717, 1.165) is 12.8 Å². The molecule has 0 aromatic carbocycles. The Morgan fingerprint density at radius 1 is 1.46 bits per heavy atom. The summed E-state index contributed by atoms with van der Waals surface area (Å²) in [4.78, 5) is 19.0. The van der Waals surface area contributed by atoms with Gasteiger partial charge in [-0.2, -0.15) is 0 Å². The van der Waals surface area contributed by atoms with E-state index in [1.54, 1.807) is 0 Å². The Kier molecular flexibility index (Phi) is 2.18. The monoisotopic (exact) mass is 178 g/mol. The molecular formula is C8H10N4O. The normalized spacial score (nSPS) is 15.4. The van der Waals surface area contributed by atoms with E-state index in [1.807, 2.05) is 0 Å². The molecule has 0 spiro atoms. The van der Waals surface area contributed by atoms with Crippen LogP contribution in [0.4, 0.5) is 0 Å². The first-order chi connectivity index (χ1) is 6.36. The summed E-state index contributed by atoms with van der Waals surface area (Å²) in [6, 6.07) is 0.445. The number of carbonyl (C=O) groups is 1. The molecule has 1 aromatic heterocycles. The maximum atomic E-state index is 11.3. The van der Waals surface area contributed by atoms with Crippen molar-refractivity contribution in [1.82, 2.24) is 20.8 Å². The Bertz CT molecular complexity index is 296. The molecule has 68 valence electrons. The lowest BCUT2D eigenvalue weighted by Gasteiger charge is -2.03. The van der Waals surface area contributed by atoms with Crippen LogP contribution in [-0.2, 0) is 0 Å². The van der Waals surface area contributed by atoms with Crippen molar-refractivity contribution in [3.05, 3.63) is 24.3 Å². The minimum Gasteiger partial charge on any atom is -0.286 e. The smallest absolute Gasteiger partial charge is 0.285 e. The van der Waals surface area contributed by atoms with Crippen molar-refractivity contribution in [1.29, 1.82) is 0 Å². The standard InChI is InChI=1S/C8H10N4O/c13-8(12-11-6-1-2-6)7-5-9-3-4-10-7/h3-6,11H,1-2H2,(H,12,13). The van der Waals surface area contributed by atoms with Crippen LogP contribution in [0.3, 0.4) is 0 Å². The van der Waals surface area contributed by atoms with Gasteiger partial charge in [0.15, 0.2) is 0 Å². The van der Waals surface area contributed by atoms with Crippen molar-refractivity contribution in [3.63, 3.8) is 0 Å². The van der Waals surface area contributed by atoms with Gasteiger partial charge >= 0.3 is 0 Å². The zero-order chi connectivity index (χ0) is 9.10. The highest BCUT2D eigenvalue weighted by Gasteiger charge is 2.21. The van der Waals surface area contributed by atoms with Gasteiger partial charge in [-0.15, -0.1) is 0 Å². The highest BCUT2D eigenvalue weighted by molar-refractivity contribution is 5.91. The van der Waals surface area contributed by atoms with E-state index in [-0.39, 0.29) is 5.91 Å². The van der Waals surface area contributed by atoms with E-state index in [9.17, 15) is 4.79 Å². The Balaban J connectivity index is 1.89. The van der Waals surface area contributed by atoms with E-state index >= 15 is 0 Å². The molecule has 1 aliphatic rings. The zero-order valence-electron chi connectivity index (χ0n) is 7.03. The van der Waals surface area contributed by atoms with Gasteiger partial charge in [-0.25, -0.2) is 10.4 Å². The van der Waals surface area contributed by atoms with E-state index in [1.165, 1.54) is 18.6 Å². The van der Waals surface area contributed by atoms with Gasteiger partial charge in [-0.1, -0.05) is 0 Å². The van der Waals surface area contributed by atoms with Gasteiger partial charge in [0.25, 0.3) is 5.91 Å². The molecule has 13 heavy (non-hydrogen) atoms. The number of hydrazine groups is 1. The summed E-state index contributed by atoms with van der Waals surface area (Å²) in [6.45, 7) is 0. The molecular weight excluding hydrogens is 168 g/mol. The van der Waals surface area contributed by atoms with Crippen LogP contribution in [-0.4, -0.2) is 21.9 Å². The third-order valence-electron chi connectivity index (χ3n) is 1.76. The average Bonchev–Trinajstić information content (AvgIpc) is 2.99. The van der Waals surface area contributed by atoms with Gasteiger partial charge in [0.2, 0.25) is 0 Å². The lowest BCUT2D eigenvalue weighted by Crippen LogP contribution is -2.39. The molecule has 1 saturated carbocycles. The fourth-order valence-corrected chi connectivity index (χ4v) is 0.876. The Morgan fingerprint density at radius 3 is 2.92 bits per heavy atom. The maximum absolute atomic E-state index is 11.3. The largest absolute Gasteiger partial charge is 0.286 e. The number of rotatable bonds is 3. The lowest BCUT2D eigenvalue weighted by atomic mass is 10.4. The van der Waals surface area contributed by atoms with E-state index in [2.05, 4.69) is 20.8 Å². The number of nitrogens with zero attached hydrogens (tertiary/aromatic N) is 2. The first-order valence-electron chi connectivity index (χ1n) is 4.18. The SMILES string of the molecule is O=C(NNC1CC1)c1cnccn1. The Labute approximate surface area is 75.6 Å². The minimum absolute atomic E-state index is 0.236. The number of carbonyl (C=O) groups excluding carboxylic acids is 1. The van der Waals surface area contributed by atoms with Gasteiger partial charge in [0.1, 0.15) is 5.69 Å². The number of hydrogen-bond acceptors (Lipinski definition) is 4. The molecule has 1 fully saturated rings. The van der Waals surface area contributed by atoms with E-state index in [4.69, 9.17) is 0 Å². The van der Waals surface area contributed by atoms with E-state index < -0.39 is 0 Å². The van der Waals surface area contributed by atoms with Gasteiger partial charge in [-0.05, 0) is 12.8 Å². The van der Waals surface area contributed by atoms with Crippen LogP contribution in [0.2, 0.25) is 0 Å². The van der Waals surface area contributed by atoms with Gasteiger partial charge in [-0.3, -0.25) is 15.2 Å². The second-order valence-corrected chi connectivity index (χ2v) is 2.96. The highest BCUT2D eigenvalue weighted by Crippen LogP contribution is 2.17.